The lowest BCUT2D eigenvalue weighted by Crippen LogP contribution is -2.60. The van der Waals surface area contributed by atoms with Crippen LogP contribution >= 0.6 is 0 Å². The lowest BCUT2D eigenvalue weighted by Gasteiger charge is -2.39. The number of methoxy groups -OCH3 is 1. The molecule has 0 spiro atoms. The van der Waals surface area contributed by atoms with E-state index in [4.69, 9.17) is 14.2 Å². The average Bonchev–Trinajstić information content (AvgIpc) is 2.78. The van der Waals surface area contributed by atoms with Gasteiger partial charge >= 0.3 is 0 Å². The molecule has 0 amide bonds. The Labute approximate surface area is 178 Å². The fourth-order valence-corrected chi connectivity index (χ4v) is 3.10. The van der Waals surface area contributed by atoms with Gasteiger partial charge in [0.25, 0.3) is 0 Å². The van der Waals surface area contributed by atoms with Crippen molar-refractivity contribution in [2.45, 2.75) is 30.7 Å². The number of phenolic OH excluding ortho intramolecular Hbond substituents is 1. The number of carbonyl (C=O) groups excluding carboxylic acids is 1. The third-order valence-electron chi connectivity index (χ3n) is 4.87. The van der Waals surface area contributed by atoms with Gasteiger partial charge in [0.1, 0.15) is 41.7 Å². The van der Waals surface area contributed by atoms with Crippen LogP contribution in [0.25, 0.3) is 6.08 Å². The predicted octanol–water partition coefficient (Wildman–Crippen LogP) is 0.476. The highest BCUT2D eigenvalue weighted by Crippen LogP contribution is 2.26. The van der Waals surface area contributed by atoms with Gasteiger partial charge in [-0.3, -0.25) is 4.79 Å². The van der Waals surface area contributed by atoms with Crippen LogP contribution in [0.4, 0.5) is 0 Å². The molecule has 9 nitrogen and oxygen atoms in total. The van der Waals surface area contributed by atoms with Crippen molar-refractivity contribution >= 4 is 11.9 Å². The molecule has 2 aromatic carbocycles. The Balaban J connectivity index is 1.66. The third kappa shape index (κ3) is 5.22. The standard InChI is InChI=1S/C22H24O9/c1-29-17-10-14(24)6-2-13(17)5-9-16(25)12-3-7-15(8-4-12)30-22-21(28)20(27)19(26)18(11-23)31-22/h2-10,18-24,26-28H,11H2,1H3/b9-5+. The van der Waals surface area contributed by atoms with E-state index in [-0.39, 0.29) is 17.3 Å². The molecule has 0 aliphatic carbocycles. The molecule has 1 heterocycles. The minimum absolute atomic E-state index is 0.0512. The van der Waals surface area contributed by atoms with Gasteiger partial charge in [0.15, 0.2) is 5.78 Å². The number of ketones is 1. The zero-order chi connectivity index (χ0) is 22.5. The van der Waals surface area contributed by atoms with Crippen molar-refractivity contribution in [3.8, 4) is 17.2 Å². The summed E-state index contributed by atoms with van der Waals surface area (Å²) in [6, 6.07) is 10.6. The number of carbonyl (C=O) groups is 1. The molecule has 0 radical (unpaired) electrons. The first-order valence-electron chi connectivity index (χ1n) is 9.50. The van der Waals surface area contributed by atoms with Crippen LogP contribution in [0.5, 0.6) is 17.2 Å². The topological polar surface area (TPSA) is 146 Å². The molecule has 1 aliphatic rings. The number of rotatable bonds is 7. The molecule has 5 atom stereocenters. The molecule has 166 valence electrons. The molecule has 1 fully saturated rings. The maximum atomic E-state index is 12.4. The molecule has 5 unspecified atom stereocenters. The lowest BCUT2D eigenvalue weighted by atomic mass is 9.99. The highest BCUT2D eigenvalue weighted by molar-refractivity contribution is 6.07. The smallest absolute Gasteiger partial charge is 0.229 e. The maximum absolute atomic E-state index is 12.4. The summed E-state index contributed by atoms with van der Waals surface area (Å²) in [4.78, 5) is 12.4. The van der Waals surface area contributed by atoms with E-state index in [1.54, 1.807) is 12.1 Å². The fraction of sp³-hybridized carbons (Fsp3) is 0.318. The highest BCUT2D eigenvalue weighted by atomic mass is 16.7. The van der Waals surface area contributed by atoms with Gasteiger partial charge in [-0.1, -0.05) is 0 Å². The van der Waals surface area contributed by atoms with Crippen LogP contribution in [0.1, 0.15) is 15.9 Å². The number of allylic oxidation sites excluding steroid dienone is 1. The summed E-state index contributed by atoms with van der Waals surface area (Å²) in [5, 5.41) is 48.4. The third-order valence-corrected chi connectivity index (χ3v) is 4.87. The van der Waals surface area contributed by atoms with Crippen LogP contribution in [-0.4, -0.2) is 75.7 Å². The Morgan fingerprint density at radius 1 is 1.06 bits per heavy atom. The second-order valence-corrected chi connectivity index (χ2v) is 6.96. The first-order valence-corrected chi connectivity index (χ1v) is 9.50. The van der Waals surface area contributed by atoms with Gasteiger partial charge in [-0.05, 0) is 48.6 Å². The number of hydrogen-bond donors (Lipinski definition) is 5. The molecule has 31 heavy (non-hydrogen) atoms. The Kier molecular flexibility index (Phi) is 7.26. The predicted molar refractivity (Wildman–Crippen MR) is 109 cm³/mol. The molecule has 0 aromatic heterocycles. The molecule has 0 bridgehead atoms. The second-order valence-electron chi connectivity index (χ2n) is 6.96. The zero-order valence-electron chi connectivity index (χ0n) is 16.7. The Morgan fingerprint density at radius 2 is 1.77 bits per heavy atom. The Morgan fingerprint density at radius 3 is 2.42 bits per heavy atom. The van der Waals surface area contributed by atoms with E-state index in [1.807, 2.05) is 0 Å². The quantitative estimate of drug-likeness (QED) is 0.311. The van der Waals surface area contributed by atoms with E-state index in [2.05, 4.69) is 0 Å². The van der Waals surface area contributed by atoms with Crippen molar-refractivity contribution in [2.24, 2.45) is 0 Å². The van der Waals surface area contributed by atoms with Gasteiger partial charge in [-0.2, -0.15) is 0 Å². The summed E-state index contributed by atoms with van der Waals surface area (Å²) in [6.07, 6.45) is -3.99. The van der Waals surface area contributed by atoms with Gasteiger partial charge in [0.2, 0.25) is 6.29 Å². The normalized spacial score (nSPS) is 26.0. The summed E-state index contributed by atoms with van der Waals surface area (Å²) in [5.41, 5.74) is 0.992. The lowest BCUT2D eigenvalue weighted by molar-refractivity contribution is -0.277. The maximum Gasteiger partial charge on any atom is 0.229 e. The van der Waals surface area contributed by atoms with E-state index in [1.165, 1.54) is 49.6 Å². The van der Waals surface area contributed by atoms with Gasteiger partial charge in [0, 0.05) is 17.2 Å². The second kappa shape index (κ2) is 9.90. The van der Waals surface area contributed by atoms with Crippen molar-refractivity contribution in [3.05, 3.63) is 59.7 Å². The van der Waals surface area contributed by atoms with Crippen LogP contribution in [0, 0.1) is 0 Å². The van der Waals surface area contributed by atoms with E-state index in [0.717, 1.165) is 0 Å². The molecule has 0 saturated carbocycles. The number of aliphatic hydroxyl groups is 4. The number of aliphatic hydroxyl groups excluding tert-OH is 4. The van der Waals surface area contributed by atoms with Crippen molar-refractivity contribution < 1.29 is 44.5 Å². The average molecular weight is 432 g/mol. The van der Waals surface area contributed by atoms with Crippen LogP contribution in [0.15, 0.2) is 48.5 Å². The van der Waals surface area contributed by atoms with Crippen LogP contribution in [0.3, 0.4) is 0 Å². The van der Waals surface area contributed by atoms with Gasteiger partial charge < -0.3 is 39.7 Å². The van der Waals surface area contributed by atoms with E-state index < -0.39 is 37.3 Å². The number of ether oxygens (including phenoxy) is 3. The molecule has 5 N–H and O–H groups in total. The zero-order valence-corrected chi connectivity index (χ0v) is 16.7. The largest absolute Gasteiger partial charge is 0.508 e. The highest BCUT2D eigenvalue weighted by Gasteiger charge is 2.44. The van der Waals surface area contributed by atoms with Gasteiger partial charge in [-0.15, -0.1) is 0 Å². The molecule has 9 heteroatoms. The minimum atomic E-state index is -1.54. The van der Waals surface area contributed by atoms with Crippen molar-refractivity contribution in [1.82, 2.24) is 0 Å². The summed E-state index contributed by atoms with van der Waals surface area (Å²) >= 11 is 0. The molecule has 2 aromatic rings. The van der Waals surface area contributed by atoms with Crippen LogP contribution in [0.2, 0.25) is 0 Å². The number of hydrogen-bond acceptors (Lipinski definition) is 9. The number of aromatic hydroxyl groups is 1. The van der Waals surface area contributed by atoms with Crippen molar-refractivity contribution in [1.29, 1.82) is 0 Å². The van der Waals surface area contributed by atoms with E-state index in [0.29, 0.717) is 16.9 Å². The van der Waals surface area contributed by atoms with Crippen LogP contribution in [-0.2, 0) is 4.74 Å². The first kappa shape index (κ1) is 22.7. The van der Waals surface area contributed by atoms with Gasteiger partial charge in [-0.25, -0.2) is 0 Å². The summed E-state index contributed by atoms with van der Waals surface area (Å²) < 4.78 is 16.0. The van der Waals surface area contributed by atoms with Gasteiger partial charge in [0.05, 0.1) is 13.7 Å². The minimum Gasteiger partial charge on any atom is -0.508 e. The van der Waals surface area contributed by atoms with Crippen molar-refractivity contribution in [3.63, 3.8) is 0 Å². The summed E-state index contributed by atoms with van der Waals surface area (Å²) in [6.45, 7) is -0.559. The first-order chi connectivity index (χ1) is 14.8. The monoisotopic (exact) mass is 432 g/mol. The fourth-order valence-electron chi connectivity index (χ4n) is 3.10. The number of phenols is 1. The summed E-state index contributed by atoms with van der Waals surface area (Å²) in [7, 11) is 1.46. The molecule has 1 saturated heterocycles. The van der Waals surface area contributed by atoms with E-state index in [9.17, 15) is 30.3 Å². The molecule has 1 aliphatic heterocycles. The SMILES string of the molecule is COc1cc(O)ccc1/C=C/C(=O)c1ccc(OC2OC(CO)C(O)C(O)C2O)cc1. The Bertz CT molecular complexity index is 923. The number of benzene rings is 2. The molecular formula is C22H24O9. The van der Waals surface area contributed by atoms with Crippen molar-refractivity contribution in [2.75, 3.05) is 13.7 Å². The Hall–Kier alpha value is -2.95. The van der Waals surface area contributed by atoms with Crippen LogP contribution < -0.4 is 9.47 Å². The summed E-state index contributed by atoms with van der Waals surface area (Å²) in [5.74, 6) is 0.447. The molecule has 3 rings (SSSR count). The molecular weight excluding hydrogens is 408 g/mol. The van der Waals surface area contributed by atoms with E-state index >= 15 is 0 Å².